The van der Waals surface area contributed by atoms with Crippen LogP contribution in [0.2, 0.25) is 0 Å². The number of carbonyl (C=O) groups is 1. The van der Waals surface area contributed by atoms with Crippen LogP contribution >= 0.6 is 0 Å². The summed E-state index contributed by atoms with van der Waals surface area (Å²) in [5.74, 6) is 0.141. The summed E-state index contributed by atoms with van der Waals surface area (Å²) in [7, 11) is 1.84. The van der Waals surface area contributed by atoms with E-state index in [0.29, 0.717) is 6.54 Å². The van der Waals surface area contributed by atoms with E-state index in [1.54, 1.807) is 4.90 Å². The van der Waals surface area contributed by atoms with Crippen molar-refractivity contribution >= 4 is 16.8 Å². The number of amides is 1. The quantitative estimate of drug-likeness (QED) is 0.876. The van der Waals surface area contributed by atoms with Crippen molar-refractivity contribution in [2.24, 2.45) is 0 Å². The molecule has 0 spiro atoms. The Morgan fingerprint density at radius 1 is 1.30 bits per heavy atom. The highest BCUT2D eigenvalue weighted by molar-refractivity contribution is 5.83. The van der Waals surface area contributed by atoms with Crippen LogP contribution in [0.4, 0.5) is 0 Å². The average molecular weight is 273 g/mol. The van der Waals surface area contributed by atoms with Gasteiger partial charge < -0.3 is 14.8 Å². The van der Waals surface area contributed by atoms with Crippen LogP contribution in [-0.2, 0) is 17.9 Å². The van der Waals surface area contributed by atoms with Crippen LogP contribution in [0.25, 0.3) is 10.9 Å². The number of carbonyl (C=O) groups excluding carboxylic acids is 1. The van der Waals surface area contributed by atoms with E-state index in [1.165, 1.54) is 10.9 Å². The van der Waals surface area contributed by atoms with E-state index in [-0.39, 0.29) is 5.91 Å². The molecular formula is C16H23N3O. The maximum Gasteiger partial charge on any atom is 0.242 e. The Morgan fingerprint density at radius 3 is 2.80 bits per heavy atom. The van der Waals surface area contributed by atoms with Gasteiger partial charge >= 0.3 is 0 Å². The van der Waals surface area contributed by atoms with E-state index in [1.807, 2.05) is 24.7 Å². The highest BCUT2D eigenvalue weighted by Crippen LogP contribution is 2.18. The largest absolute Gasteiger partial charge is 0.344 e. The van der Waals surface area contributed by atoms with Crippen LogP contribution in [0, 0.1) is 0 Å². The number of aromatic nitrogens is 1. The molecule has 0 saturated heterocycles. The van der Waals surface area contributed by atoms with Gasteiger partial charge in [-0.15, -0.1) is 0 Å². The second-order valence-electron chi connectivity index (χ2n) is 5.03. The lowest BCUT2D eigenvalue weighted by molar-refractivity contribution is -0.130. The third-order valence-electron chi connectivity index (χ3n) is 3.62. The first-order valence-corrected chi connectivity index (χ1v) is 7.18. The van der Waals surface area contributed by atoms with Gasteiger partial charge in [0, 0.05) is 31.9 Å². The van der Waals surface area contributed by atoms with E-state index >= 15 is 0 Å². The molecule has 0 fully saturated rings. The van der Waals surface area contributed by atoms with E-state index in [4.69, 9.17) is 0 Å². The standard InChI is InChI=1S/C16H23N3O/c1-4-17-11-13-6-7-14-8-9-19(15(14)10-13)12-16(20)18(3)5-2/h6-10,17H,4-5,11-12H2,1-3H3. The minimum absolute atomic E-state index is 0.141. The fourth-order valence-electron chi connectivity index (χ4n) is 2.19. The lowest BCUT2D eigenvalue weighted by atomic mass is 10.1. The Bertz CT molecular complexity index is 588. The summed E-state index contributed by atoms with van der Waals surface area (Å²) in [4.78, 5) is 13.8. The minimum Gasteiger partial charge on any atom is -0.344 e. The molecule has 0 saturated carbocycles. The second-order valence-corrected chi connectivity index (χ2v) is 5.03. The predicted octanol–water partition coefficient (Wildman–Crippen LogP) is 2.23. The summed E-state index contributed by atoms with van der Waals surface area (Å²) >= 11 is 0. The molecule has 0 aliphatic rings. The highest BCUT2D eigenvalue weighted by Gasteiger charge is 2.09. The van der Waals surface area contributed by atoms with Crippen LogP contribution in [-0.4, -0.2) is 35.5 Å². The SMILES string of the molecule is CCNCc1ccc2ccn(CC(=O)N(C)CC)c2c1. The minimum atomic E-state index is 0.141. The van der Waals surface area contributed by atoms with Crippen molar-refractivity contribution < 1.29 is 4.79 Å². The van der Waals surface area contributed by atoms with Gasteiger partial charge in [-0.2, -0.15) is 0 Å². The Morgan fingerprint density at radius 2 is 2.10 bits per heavy atom. The molecule has 108 valence electrons. The lowest BCUT2D eigenvalue weighted by Gasteiger charge is -2.15. The topological polar surface area (TPSA) is 37.3 Å². The van der Waals surface area contributed by atoms with Gasteiger partial charge in [-0.25, -0.2) is 0 Å². The van der Waals surface area contributed by atoms with Crippen LogP contribution in [0.15, 0.2) is 30.5 Å². The molecule has 0 aliphatic heterocycles. The van der Waals surface area contributed by atoms with Crippen LogP contribution < -0.4 is 5.32 Å². The van der Waals surface area contributed by atoms with Gasteiger partial charge in [0.1, 0.15) is 6.54 Å². The van der Waals surface area contributed by atoms with Gasteiger partial charge in [0.15, 0.2) is 0 Å². The summed E-state index contributed by atoms with van der Waals surface area (Å²) in [5.41, 5.74) is 2.37. The second kappa shape index (κ2) is 6.57. The molecule has 2 aromatic rings. The molecule has 1 N–H and O–H groups in total. The van der Waals surface area contributed by atoms with E-state index in [0.717, 1.165) is 25.2 Å². The number of benzene rings is 1. The van der Waals surface area contributed by atoms with Crippen LogP contribution in [0.5, 0.6) is 0 Å². The number of hydrogen-bond acceptors (Lipinski definition) is 2. The van der Waals surface area contributed by atoms with Crippen molar-refractivity contribution in [3.8, 4) is 0 Å². The summed E-state index contributed by atoms with van der Waals surface area (Å²) in [6.07, 6.45) is 1.99. The molecule has 1 aromatic heterocycles. The predicted molar refractivity (Wildman–Crippen MR) is 82.6 cm³/mol. The Labute approximate surface area is 120 Å². The maximum absolute atomic E-state index is 12.0. The molecule has 4 nitrogen and oxygen atoms in total. The molecule has 0 unspecified atom stereocenters. The summed E-state index contributed by atoms with van der Waals surface area (Å²) in [6.45, 7) is 7.04. The average Bonchev–Trinajstić information content (AvgIpc) is 2.86. The fourth-order valence-corrected chi connectivity index (χ4v) is 2.19. The maximum atomic E-state index is 12.0. The monoisotopic (exact) mass is 273 g/mol. The van der Waals surface area contributed by atoms with Crippen molar-refractivity contribution in [1.82, 2.24) is 14.8 Å². The molecule has 0 radical (unpaired) electrons. The van der Waals surface area contributed by atoms with Crippen molar-refractivity contribution in [2.45, 2.75) is 26.9 Å². The zero-order chi connectivity index (χ0) is 14.5. The Hall–Kier alpha value is -1.81. The first-order valence-electron chi connectivity index (χ1n) is 7.18. The van der Waals surface area contributed by atoms with Crippen molar-refractivity contribution in [3.63, 3.8) is 0 Å². The third-order valence-corrected chi connectivity index (χ3v) is 3.62. The zero-order valence-electron chi connectivity index (χ0n) is 12.5. The van der Waals surface area contributed by atoms with Gasteiger partial charge in [-0.1, -0.05) is 19.1 Å². The van der Waals surface area contributed by atoms with Crippen LogP contribution in [0.3, 0.4) is 0 Å². The molecule has 1 amide bonds. The molecule has 0 atom stereocenters. The van der Waals surface area contributed by atoms with Crippen molar-refractivity contribution in [2.75, 3.05) is 20.1 Å². The lowest BCUT2D eigenvalue weighted by Crippen LogP contribution is -2.29. The normalized spacial score (nSPS) is 10.9. The van der Waals surface area contributed by atoms with Gasteiger partial charge in [0.2, 0.25) is 5.91 Å². The summed E-state index contributed by atoms with van der Waals surface area (Å²) < 4.78 is 2.03. The van der Waals surface area contributed by atoms with Gasteiger partial charge in [0.25, 0.3) is 0 Å². The molecule has 1 aromatic carbocycles. The molecule has 4 heteroatoms. The number of nitrogens with zero attached hydrogens (tertiary/aromatic N) is 2. The molecule has 0 aliphatic carbocycles. The number of fused-ring (bicyclic) bond motifs is 1. The smallest absolute Gasteiger partial charge is 0.242 e. The summed E-state index contributed by atoms with van der Waals surface area (Å²) in [5, 5.41) is 4.50. The van der Waals surface area contributed by atoms with Crippen molar-refractivity contribution in [1.29, 1.82) is 0 Å². The fraction of sp³-hybridized carbons (Fsp3) is 0.438. The van der Waals surface area contributed by atoms with Crippen molar-refractivity contribution in [3.05, 3.63) is 36.0 Å². The first-order chi connectivity index (χ1) is 9.65. The van der Waals surface area contributed by atoms with Gasteiger partial charge in [0.05, 0.1) is 0 Å². The third kappa shape index (κ3) is 3.20. The first kappa shape index (κ1) is 14.6. The van der Waals surface area contributed by atoms with E-state index < -0.39 is 0 Å². The van der Waals surface area contributed by atoms with E-state index in [2.05, 4.69) is 36.5 Å². The summed E-state index contributed by atoms with van der Waals surface area (Å²) in [6, 6.07) is 8.48. The molecular weight excluding hydrogens is 250 g/mol. The zero-order valence-corrected chi connectivity index (χ0v) is 12.5. The highest BCUT2D eigenvalue weighted by atomic mass is 16.2. The number of hydrogen-bond donors (Lipinski definition) is 1. The number of nitrogens with one attached hydrogen (secondary N) is 1. The van der Waals surface area contributed by atoms with Gasteiger partial charge in [-0.3, -0.25) is 4.79 Å². The number of rotatable bonds is 6. The molecule has 1 heterocycles. The van der Waals surface area contributed by atoms with Gasteiger partial charge in [-0.05, 0) is 36.6 Å². The van der Waals surface area contributed by atoms with E-state index in [9.17, 15) is 4.79 Å². The molecule has 2 rings (SSSR count). The molecule has 0 bridgehead atoms. The molecule has 20 heavy (non-hydrogen) atoms. The Balaban J connectivity index is 2.22. The number of likely N-dealkylation sites (N-methyl/N-ethyl adjacent to an activating group) is 1. The Kier molecular flexibility index (Phi) is 4.79. The van der Waals surface area contributed by atoms with Crippen LogP contribution in [0.1, 0.15) is 19.4 Å².